The van der Waals surface area contributed by atoms with Crippen molar-refractivity contribution in [3.05, 3.63) is 11.9 Å². The maximum atomic E-state index is 5.45. The molecule has 0 aromatic carbocycles. The average Bonchev–Trinajstić information content (AvgIpc) is 2.50. The van der Waals surface area contributed by atoms with Crippen molar-refractivity contribution in [3.8, 4) is 0 Å². The van der Waals surface area contributed by atoms with Gasteiger partial charge in [0, 0.05) is 25.3 Å². The topological polar surface area (TPSA) is 88.3 Å². The Morgan fingerprint density at radius 3 is 2.48 bits per heavy atom. The highest BCUT2D eigenvalue weighted by molar-refractivity contribution is 5.47. The minimum Gasteiger partial charge on any atom is -0.374 e. The Kier molecular flexibility index (Phi) is 7.96. The summed E-state index contributed by atoms with van der Waals surface area (Å²) in [4.78, 5) is 11.1. The van der Waals surface area contributed by atoms with Crippen LogP contribution in [0.25, 0.3) is 0 Å². The van der Waals surface area contributed by atoms with Gasteiger partial charge in [-0.15, -0.1) is 0 Å². The van der Waals surface area contributed by atoms with Gasteiger partial charge in [0.2, 0.25) is 0 Å². The van der Waals surface area contributed by atoms with Gasteiger partial charge in [-0.2, -0.15) is 0 Å². The van der Waals surface area contributed by atoms with Crippen LogP contribution in [0.15, 0.2) is 6.07 Å². The van der Waals surface area contributed by atoms with Crippen LogP contribution in [-0.2, 0) is 11.3 Å². The monoisotopic (exact) mass is 296 g/mol. The third-order valence-corrected chi connectivity index (χ3v) is 3.18. The maximum Gasteiger partial charge on any atom is 0.158 e. The number of anilines is 2. The number of nitrogens with zero attached hydrogens (tertiary/aromatic N) is 3. The van der Waals surface area contributed by atoms with E-state index < -0.39 is 0 Å². The summed E-state index contributed by atoms with van der Waals surface area (Å²) >= 11 is 0. The molecule has 0 bridgehead atoms. The van der Waals surface area contributed by atoms with Crippen LogP contribution in [0.5, 0.6) is 0 Å². The van der Waals surface area contributed by atoms with Crippen LogP contribution in [0.3, 0.4) is 0 Å². The molecule has 0 spiro atoms. The molecule has 0 aliphatic heterocycles. The average molecular weight is 296 g/mol. The SMILES string of the molecule is CCOCc1nc(NN)cc(NC(C)CN(CC)CC)n1. The van der Waals surface area contributed by atoms with Crippen LogP contribution in [-0.4, -0.2) is 47.2 Å². The lowest BCUT2D eigenvalue weighted by atomic mass is 10.3. The lowest BCUT2D eigenvalue weighted by Gasteiger charge is -2.24. The number of hydrazine groups is 1. The van der Waals surface area contributed by atoms with Crippen molar-refractivity contribution in [2.45, 2.75) is 40.3 Å². The maximum absolute atomic E-state index is 5.45. The number of nitrogens with one attached hydrogen (secondary N) is 2. The molecular weight excluding hydrogens is 268 g/mol. The fourth-order valence-electron chi connectivity index (χ4n) is 2.07. The molecule has 7 heteroatoms. The van der Waals surface area contributed by atoms with Crippen LogP contribution in [0, 0.1) is 0 Å². The molecular formula is C14H28N6O. The minimum atomic E-state index is 0.283. The van der Waals surface area contributed by atoms with E-state index in [1.54, 1.807) is 6.07 Å². The van der Waals surface area contributed by atoms with E-state index in [4.69, 9.17) is 10.6 Å². The van der Waals surface area contributed by atoms with Gasteiger partial charge in [0.25, 0.3) is 0 Å². The van der Waals surface area contributed by atoms with Crippen LogP contribution in [0.4, 0.5) is 11.6 Å². The lowest BCUT2D eigenvalue weighted by Crippen LogP contribution is -2.35. The molecule has 1 unspecified atom stereocenters. The zero-order chi connectivity index (χ0) is 15.7. The van der Waals surface area contributed by atoms with E-state index in [9.17, 15) is 0 Å². The predicted octanol–water partition coefficient (Wildman–Crippen LogP) is 1.44. The van der Waals surface area contributed by atoms with E-state index in [2.05, 4.69) is 46.4 Å². The molecule has 21 heavy (non-hydrogen) atoms. The van der Waals surface area contributed by atoms with Gasteiger partial charge < -0.3 is 20.4 Å². The molecule has 0 amide bonds. The molecule has 1 atom stereocenters. The van der Waals surface area contributed by atoms with Crippen molar-refractivity contribution in [1.29, 1.82) is 0 Å². The largest absolute Gasteiger partial charge is 0.374 e. The minimum absolute atomic E-state index is 0.283. The van der Waals surface area contributed by atoms with Gasteiger partial charge >= 0.3 is 0 Å². The third-order valence-electron chi connectivity index (χ3n) is 3.18. The highest BCUT2D eigenvalue weighted by Gasteiger charge is 2.10. The molecule has 0 aliphatic carbocycles. The predicted molar refractivity (Wildman–Crippen MR) is 86.0 cm³/mol. The summed E-state index contributed by atoms with van der Waals surface area (Å²) in [6.45, 7) is 12.5. The van der Waals surface area contributed by atoms with Gasteiger partial charge in [0.05, 0.1) is 0 Å². The molecule has 1 aromatic heterocycles. The van der Waals surface area contributed by atoms with Crippen LogP contribution in [0.1, 0.15) is 33.5 Å². The van der Waals surface area contributed by atoms with Gasteiger partial charge in [-0.25, -0.2) is 15.8 Å². The van der Waals surface area contributed by atoms with Crippen molar-refractivity contribution in [1.82, 2.24) is 14.9 Å². The molecule has 1 rings (SSSR count). The fourth-order valence-corrected chi connectivity index (χ4v) is 2.07. The summed E-state index contributed by atoms with van der Waals surface area (Å²) in [5.74, 6) is 7.41. The van der Waals surface area contributed by atoms with E-state index in [0.29, 0.717) is 24.9 Å². The smallest absolute Gasteiger partial charge is 0.158 e. The first-order valence-electron chi connectivity index (χ1n) is 7.54. The van der Waals surface area contributed by atoms with Crippen molar-refractivity contribution >= 4 is 11.6 Å². The number of nitrogen functional groups attached to an aromatic ring is 1. The molecule has 0 radical (unpaired) electrons. The molecule has 1 aromatic rings. The van der Waals surface area contributed by atoms with Gasteiger partial charge in [-0.1, -0.05) is 13.8 Å². The first-order valence-corrected chi connectivity index (χ1v) is 7.54. The zero-order valence-corrected chi connectivity index (χ0v) is 13.5. The second-order valence-corrected chi connectivity index (χ2v) is 4.87. The van der Waals surface area contributed by atoms with Gasteiger partial charge in [-0.05, 0) is 26.9 Å². The van der Waals surface area contributed by atoms with Gasteiger partial charge in [0.1, 0.15) is 18.2 Å². The van der Waals surface area contributed by atoms with Crippen molar-refractivity contribution in [2.24, 2.45) is 5.84 Å². The van der Waals surface area contributed by atoms with E-state index >= 15 is 0 Å². The number of hydrogen-bond donors (Lipinski definition) is 3. The molecule has 0 saturated carbocycles. The van der Waals surface area contributed by atoms with Gasteiger partial charge in [0.15, 0.2) is 5.82 Å². The molecule has 0 saturated heterocycles. The first kappa shape index (κ1) is 17.6. The van der Waals surface area contributed by atoms with Crippen molar-refractivity contribution in [2.75, 3.05) is 37.0 Å². The highest BCUT2D eigenvalue weighted by Crippen LogP contribution is 2.12. The number of nitrogens with two attached hydrogens (primary N) is 1. The Morgan fingerprint density at radius 2 is 1.90 bits per heavy atom. The summed E-state index contributed by atoms with van der Waals surface area (Å²) in [7, 11) is 0. The number of likely N-dealkylation sites (N-methyl/N-ethyl adjacent to an activating group) is 1. The Morgan fingerprint density at radius 1 is 1.24 bits per heavy atom. The summed E-state index contributed by atoms with van der Waals surface area (Å²) in [5.41, 5.74) is 2.56. The molecule has 4 N–H and O–H groups in total. The summed E-state index contributed by atoms with van der Waals surface area (Å²) in [6, 6.07) is 2.08. The van der Waals surface area contributed by atoms with Crippen LogP contribution < -0.4 is 16.6 Å². The third kappa shape index (κ3) is 6.24. The molecule has 0 aliphatic rings. The summed E-state index contributed by atoms with van der Waals surface area (Å²) < 4.78 is 5.35. The fraction of sp³-hybridized carbons (Fsp3) is 0.714. The summed E-state index contributed by atoms with van der Waals surface area (Å²) in [5, 5.41) is 3.39. The first-order chi connectivity index (χ1) is 10.1. The normalized spacial score (nSPS) is 12.5. The van der Waals surface area contributed by atoms with Crippen LogP contribution in [0.2, 0.25) is 0 Å². The second kappa shape index (κ2) is 9.49. The second-order valence-electron chi connectivity index (χ2n) is 4.87. The highest BCUT2D eigenvalue weighted by atomic mass is 16.5. The van der Waals surface area contributed by atoms with E-state index in [1.807, 2.05) is 6.92 Å². The van der Waals surface area contributed by atoms with E-state index in [0.717, 1.165) is 25.5 Å². The number of aromatic nitrogens is 2. The number of ether oxygens (including phenoxy) is 1. The van der Waals surface area contributed by atoms with E-state index in [-0.39, 0.29) is 6.04 Å². The zero-order valence-electron chi connectivity index (χ0n) is 13.5. The van der Waals surface area contributed by atoms with Gasteiger partial charge in [-0.3, -0.25) is 0 Å². The van der Waals surface area contributed by atoms with E-state index in [1.165, 1.54) is 0 Å². The number of hydrogen-bond acceptors (Lipinski definition) is 7. The Labute approximate surface area is 127 Å². The number of rotatable bonds is 10. The molecule has 7 nitrogen and oxygen atoms in total. The lowest BCUT2D eigenvalue weighted by molar-refractivity contribution is 0.128. The summed E-state index contributed by atoms with van der Waals surface area (Å²) in [6.07, 6.45) is 0. The quantitative estimate of drug-likeness (QED) is 0.445. The Hall–Kier alpha value is -1.44. The van der Waals surface area contributed by atoms with Crippen LogP contribution >= 0.6 is 0 Å². The molecule has 1 heterocycles. The van der Waals surface area contributed by atoms with Crippen molar-refractivity contribution < 1.29 is 4.74 Å². The Balaban J connectivity index is 2.71. The Bertz CT molecular complexity index is 410. The van der Waals surface area contributed by atoms with Crippen molar-refractivity contribution in [3.63, 3.8) is 0 Å². The standard InChI is InChI=1S/C14H28N6O/c1-5-20(6-2)9-11(4)16-12-8-13(19-15)18-14(17-12)10-21-7-3/h8,11H,5-7,9-10,15H2,1-4H3,(H2,16,17,18,19). The molecule has 0 fully saturated rings. The molecule has 120 valence electrons.